The Bertz CT molecular complexity index is 369. The van der Waals surface area contributed by atoms with Crippen molar-refractivity contribution >= 4 is 27.5 Å². The Kier molecular flexibility index (Phi) is 3.83. The SMILES string of the molecule is Cc1cc(F)c(C(Br)C(C)(C)C)cc1Cl. The van der Waals surface area contributed by atoms with Crippen molar-refractivity contribution in [2.75, 3.05) is 0 Å². The number of halogens is 3. The van der Waals surface area contributed by atoms with Crippen LogP contribution in [-0.4, -0.2) is 0 Å². The molecule has 0 saturated carbocycles. The van der Waals surface area contributed by atoms with Crippen molar-refractivity contribution in [2.45, 2.75) is 32.5 Å². The lowest BCUT2D eigenvalue weighted by Crippen LogP contribution is -2.14. The lowest BCUT2D eigenvalue weighted by molar-refractivity contribution is 0.398. The van der Waals surface area contributed by atoms with Crippen LogP contribution in [0.4, 0.5) is 4.39 Å². The maximum atomic E-state index is 13.7. The van der Waals surface area contributed by atoms with Gasteiger partial charge in [0.05, 0.1) is 0 Å². The number of benzene rings is 1. The largest absolute Gasteiger partial charge is 0.207 e. The minimum Gasteiger partial charge on any atom is -0.207 e. The molecule has 0 nitrogen and oxygen atoms in total. The van der Waals surface area contributed by atoms with E-state index in [-0.39, 0.29) is 16.1 Å². The molecule has 0 aliphatic heterocycles. The normalized spacial score (nSPS) is 14.1. The Morgan fingerprint density at radius 3 is 2.33 bits per heavy atom. The maximum Gasteiger partial charge on any atom is 0.127 e. The fourth-order valence-electron chi connectivity index (χ4n) is 1.32. The summed E-state index contributed by atoms with van der Waals surface area (Å²) in [5.74, 6) is -0.200. The third-order valence-corrected chi connectivity index (χ3v) is 4.59. The van der Waals surface area contributed by atoms with Crippen LogP contribution < -0.4 is 0 Å². The van der Waals surface area contributed by atoms with E-state index in [4.69, 9.17) is 11.6 Å². The van der Waals surface area contributed by atoms with Crippen molar-refractivity contribution in [3.63, 3.8) is 0 Å². The van der Waals surface area contributed by atoms with Gasteiger partial charge in [-0.3, -0.25) is 0 Å². The molecule has 0 fully saturated rings. The first kappa shape index (κ1) is 13.0. The van der Waals surface area contributed by atoms with Crippen molar-refractivity contribution in [2.24, 2.45) is 5.41 Å². The molecular formula is C12H15BrClF. The van der Waals surface area contributed by atoms with E-state index in [1.165, 1.54) is 6.07 Å². The van der Waals surface area contributed by atoms with E-state index in [1.54, 1.807) is 13.0 Å². The van der Waals surface area contributed by atoms with E-state index in [9.17, 15) is 4.39 Å². The summed E-state index contributed by atoms with van der Waals surface area (Å²) in [6.45, 7) is 7.97. The summed E-state index contributed by atoms with van der Waals surface area (Å²) >= 11 is 9.51. The quantitative estimate of drug-likeness (QED) is 0.619. The minimum atomic E-state index is -0.200. The van der Waals surface area contributed by atoms with E-state index in [1.807, 2.05) is 0 Å². The molecule has 0 aromatic heterocycles. The van der Waals surface area contributed by atoms with Crippen molar-refractivity contribution in [1.29, 1.82) is 0 Å². The fraction of sp³-hybridized carbons (Fsp3) is 0.500. The molecule has 1 aromatic carbocycles. The molecule has 84 valence electrons. The zero-order chi connectivity index (χ0) is 11.8. The predicted molar refractivity (Wildman–Crippen MR) is 67.3 cm³/mol. The van der Waals surface area contributed by atoms with Gasteiger partial charge in [0, 0.05) is 15.4 Å². The van der Waals surface area contributed by atoms with Gasteiger partial charge in [0.1, 0.15) is 5.82 Å². The lowest BCUT2D eigenvalue weighted by Gasteiger charge is -2.26. The molecule has 0 saturated heterocycles. The Labute approximate surface area is 104 Å². The highest BCUT2D eigenvalue weighted by Crippen LogP contribution is 2.42. The smallest absolute Gasteiger partial charge is 0.127 e. The first-order valence-corrected chi connectivity index (χ1v) is 6.12. The van der Waals surface area contributed by atoms with Crippen LogP contribution in [0.15, 0.2) is 12.1 Å². The summed E-state index contributed by atoms with van der Waals surface area (Å²) in [6, 6.07) is 3.19. The van der Waals surface area contributed by atoms with Crippen LogP contribution in [0.1, 0.15) is 36.7 Å². The van der Waals surface area contributed by atoms with Crippen LogP contribution in [0.5, 0.6) is 0 Å². The summed E-state index contributed by atoms with van der Waals surface area (Å²) in [4.78, 5) is -0.0388. The number of alkyl halides is 1. The van der Waals surface area contributed by atoms with Crippen molar-refractivity contribution in [3.05, 3.63) is 34.1 Å². The van der Waals surface area contributed by atoms with E-state index in [2.05, 4.69) is 36.7 Å². The van der Waals surface area contributed by atoms with Crippen LogP contribution in [0.25, 0.3) is 0 Å². The highest BCUT2D eigenvalue weighted by atomic mass is 79.9. The van der Waals surface area contributed by atoms with Gasteiger partial charge in [0.15, 0.2) is 0 Å². The Balaban J connectivity index is 3.21. The van der Waals surface area contributed by atoms with Crippen molar-refractivity contribution < 1.29 is 4.39 Å². The molecule has 0 amide bonds. The molecule has 1 rings (SSSR count). The average molecular weight is 294 g/mol. The lowest BCUT2D eigenvalue weighted by atomic mass is 9.87. The van der Waals surface area contributed by atoms with Crippen LogP contribution in [0.3, 0.4) is 0 Å². The second kappa shape index (κ2) is 4.42. The molecule has 1 aromatic rings. The highest BCUT2D eigenvalue weighted by molar-refractivity contribution is 9.09. The van der Waals surface area contributed by atoms with Gasteiger partial charge in [-0.2, -0.15) is 0 Å². The van der Waals surface area contributed by atoms with Crippen LogP contribution in [-0.2, 0) is 0 Å². The Hall–Kier alpha value is -0.0800. The van der Waals surface area contributed by atoms with E-state index >= 15 is 0 Å². The van der Waals surface area contributed by atoms with E-state index < -0.39 is 0 Å². The summed E-state index contributed by atoms with van der Waals surface area (Å²) < 4.78 is 13.7. The summed E-state index contributed by atoms with van der Waals surface area (Å²) in [5, 5.41) is 0.611. The van der Waals surface area contributed by atoms with Crippen LogP contribution >= 0.6 is 27.5 Å². The molecule has 0 bridgehead atoms. The van der Waals surface area contributed by atoms with Crippen molar-refractivity contribution in [1.82, 2.24) is 0 Å². The summed E-state index contributed by atoms with van der Waals surface area (Å²) in [5.41, 5.74) is 1.35. The fourth-order valence-corrected chi connectivity index (χ4v) is 1.85. The van der Waals surface area contributed by atoms with E-state index in [0.29, 0.717) is 10.6 Å². The second-order valence-corrected chi connectivity index (χ2v) is 6.17. The first-order valence-electron chi connectivity index (χ1n) is 4.83. The van der Waals surface area contributed by atoms with Gasteiger partial charge in [0.2, 0.25) is 0 Å². The maximum absolute atomic E-state index is 13.7. The first-order chi connectivity index (χ1) is 6.73. The third kappa shape index (κ3) is 2.94. The number of hydrogen-bond acceptors (Lipinski definition) is 0. The van der Waals surface area contributed by atoms with Gasteiger partial charge in [-0.25, -0.2) is 4.39 Å². The second-order valence-electron chi connectivity index (χ2n) is 4.85. The molecule has 0 aliphatic carbocycles. The molecular weight excluding hydrogens is 278 g/mol. The monoisotopic (exact) mass is 292 g/mol. The minimum absolute atomic E-state index is 0.0388. The predicted octanol–water partition coefficient (Wildman–Crippen LogP) is 5.27. The topological polar surface area (TPSA) is 0 Å². The standard InChI is InChI=1S/C12H15BrClF/c1-7-5-10(15)8(6-9(7)14)11(13)12(2,3)4/h5-6,11H,1-4H3. The molecule has 0 N–H and O–H groups in total. The molecule has 1 unspecified atom stereocenters. The van der Waals surface area contributed by atoms with Gasteiger partial charge in [0.25, 0.3) is 0 Å². The van der Waals surface area contributed by atoms with Gasteiger partial charge >= 0.3 is 0 Å². The van der Waals surface area contributed by atoms with Crippen LogP contribution in [0, 0.1) is 18.2 Å². The zero-order valence-electron chi connectivity index (χ0n) is 9.37. The van der Waals surface area contributed by atoms with Gasteiger partial charge in [-0.15, -0.1) is 0 Å². The Morgan fingerprint density at radius 2 is 1.87 bits per heavy atom. The Morgan fingerprint density at radius 1 is 1.33 bits per heavy atom. The molecule has 0 radical (unpaired) electrons. The van der Waals surface area contributed by atoms with Gasteiger partial charge < -0.3 is 0 Å². The molecule has 1 atom stereocenters. The zero-order valence-corrected chi connectivity index (χ0v) is 11.7. The van der Waals surface area contributed by atoms with Gasteiger partial charge in [-0.05, 0) is 30.0 Å². The molecule has 0 spiro atoms. The van der Waals surface area contributed by atoms with Crippen molar-refractivity contribution in [3.8, 4) is 0 Å². The summed E-state index contributed by atoms with van der Waals surface area (Å²) in [7, 11) is 0. The number of rotatable bonds is 1. The third-order valence-electron chi connectivity index (χ3n) is 2.31. The number of aryl methyl sites for hydroxylation is 1. The highest BCUT2D eigenvalue weighted by Gasteiger charge is 2.26. The van der Waals surface area contributed by atoms with Gasteiger partial charge in [-0.1, -0.05) is 48.3 Å². The van der Waals surface area contributed by atoms with Crippen LogP contribution in [0.2, 0.25) is 5.02 Å². The molecule has 15 heavy (non-hydrogen) atoms. The average Bonchev–Trinajstić information content (AvgIpc) is 2.08. The molecule has 3 heteroatoms. The summed E-state index contributed by atoms with van der Waals surface area (Å²) in [6.07, 6.45) is 0. The molecule has 0 aliphatic rings. The van der Waals surface area contributed by atoms with E-state index in [0.717, 1.165) is 5.56 Å². The number of hydrogen-bond donors (Lipinski definition) is 0. The molecule has 0 heterocycles.